The summed E-state index contributed by atoms with van der Waals surface area (Å²) < 4.78 is 5.29. The molecule has 1 aromatic carbocycles. The zero-order valence-corrected chi connectivity index (χ0v) is 12.6. The number of hydrogen-bond donors (Lipinski definition) is 0. The van der Waals surface area contributed by atoms with Crippen molar-refractivity contribution in [2.45, 2.75) is 11.8 Å². The number of imide groups is 1. The molecule has 1 aromatic heterocycles. The standard InChI is InChI=1S/C15H11Cl2NO3/c1-18-13(19)7-8-2-3-9(6-10(8)15(18)20)14(17)11-4-5-12(16)21-11/h2-6,14H,7H2,1H3. The molecule has 21 heavy (non-hydrogen) atoms. The second-order valence-electron chi connectivity index (χ2n) is 4.86. The molecule has 0 fully saturated rings. The fourth-order valence-electron chi connectivity index (χ4n) is 2.31. The average Bonchev–Trinajstić information content (AvgIpc) is 2.90. The van der Waals surface area contributed by atoms with Crippen molar-refractivity contribution in [3.05, 3.63) is 58.0 Å². The van der Waals surface area contributed by atoms with Gasteiger partial charge in [-0.3, -0.25) is 14.5 Å². The second kappa shape index (κ2) is 5.20. The Kier molecular flexibility index (Phi) is 3.51. The summed E-state index contributed by atoms with van der Waals surface area (Å²) in [6.07, 6.45) is 0.220. The van der Waals surface area contributed by atoms with E-state index in [4.69, 9.17) is 27.6 Å². The molecule has 0 saturated heterocycles. The molecule has 0 radical (unpaired) electrons. The van der Waals surface area contributed by atoms with Crippen LogP contribution in [0.25, 0.3) is 0 Å². The first-order valence-electron chi connectivity index (χ1n) is 6.30. The van der Waals surface area contributed by atoms with Gasteiger partial charge in [-0.2, -0.15) is 0 Å². The van der Waals surface area contributed by atoms with Gasteiger partial charge in [-0.05, 0) is 40.9 Å². The summed E-state index contributed by atoms with van der Waals surface area (Å²) in [5.74, 6) is -0.0146. The van der Waals surface area contributed by atoms with Gasteiger partial charge in [0.25, 0.3) is 5.91 Å². The van der Waals surface area contributed by atoms with E-state index in [1.54, 1.807) is 30.3 Å². The van der Waals surface area contributed by atoms with Crippen molar-refractivity contribution in [2.24, 2.45) is 0 Å². The van der Waals surface area contributed by atoms with Gasteiger partial charge in [0.2, 0.25) is 5.91 Å². The zero-order chi connectivity index (χ0) is 15.1. The molecule has 2 aromatic rings. The third kappa shape index (κ3) is 2.45. The second-order valence-corrected chi connectivity index (χ2v) is 5.66. The smallest absolute Gasteiger partial charge is 0.260 e. The Morgan fingerprint density at radius 2 is 2.00 bits per heavy atom. The van der Waals surface area contributed by atoms with E-state index in [1.807, 2.05) is 0 Å². The summed E-state index contributed by atoms with van der Waals surface area (Å²) in [7, 11) is 1.48. The summed E-state index contributed by atoms with van der Waals surface area (Å²) in [6, 6.07) is 8.56. The Hall–Kier alpha value is -1.78. The highest BCUT2D eigenvalue weighted by atomic mass is 35.5. The molecule has 0 spiro atoms. The maximum atomic E-state index is 12.2. The van der Waals surface area contributed by atoms with Gasteiger partial charge in [0.1, 0.15) is 11.1 Å². The first kappa shape index (κ1) is 14.2. The normalized spacial score (nSPS) is 16.0. The maximum absolute atomic E-state index is 12.2. The van der Waals surface area contributed by atoms with Gasteiger partial charge in [0.05, 0.1) is 6.42 Å². The minimum absolute atomic E-state index is 0.208. The van der Waals surface area contributed by atoms with Crippen LogP contribution in [0.5, 0.6) is 0 Å². The Bertz CT molecular complexity index is 738. The number of carbonyl (C=O) groups excluding carboxylic acids is 2. The summed E-state index contributed by atoms with van der Waals surface area (Å²) in [5.41, 5.74) is 1.93. The number of likely N-dealkylation sites (N-methyl/N-ethyl adjacent to an activating group) is 1. The highest BCUT2D eigenvalue weighted by molar-refractivity contribution is 6.29. The van der Waals surface area contributed by atoms with Crippen molar-refractivity contribution in [2.75, 3.05) is 7.05 Å². The van der Waals surface area contributed by atoms with Crippen LogP contribution >= 0.6 is 23.2 Å². The van der Waals surface area contributed by atoms with Crippen molar-refractivity contribution in [3.8, 4) is 0 Å². The number of hydrogen-bond acceptors (Lipinski definition) is 3. The van der Waals surface area contributed by atoms with Crippen LogP contribution in [0.2, 0.25) is 5.22 Å². The van der Waals surface area contributed by atoms with E-state index < -0.39 is 5.38 Å². The summed E-state index contributed by atoms with van der Waals surface area (Å²) in [5, 5.41) is -0.284. The van der Waals surface area contributed by atoms with Crippen LogP contribution in [0.15, 0.2) is 34.7 Å². The molecule has 0 bridgehead atoms. The quantitative estimate of drug-likeness (QED) is 0.628. The number of furan rings is 1. The summed E-state index contributed by atoms with van der Waals surface area (Å²) in [4.78, 5) is 24.9. The van der Waals surface area contributed by atoms with Crippen LogP contribution in [0.4, 0.5) is 0 Å². The Morgan fingerprint density at radius 3 is 2.67 bits per heavy atom. The third-order valence-corrected chi connectivity index (χ3v) is 4.19. The van der Waals surface area contributed by atoms with Crippen LogP contribution in [0.3, 0.4) is 0 Å². The number of alkyl halides is 1. The molecule has 2 amide bonds. The Morgan fingerprint density at radius 1 is 1.24 bits per heavy atom. The van der Waals surface area contributed by atoms with Gasteiger partial charge in [-0.15, -0.1) is 11.6 Å². The third-order valence-electron chi connectivity index (χ3n) is 3.52. The van der Waals surface area contributed by atoms with Gasteiger partial charge >= 0.3 is 0 Å². The number of fused-ring (bicyclic) bond motifs is 1. The fraction of sp³-hybridized carbons (Fsp3) is 0.200. The average molecular weight is 324 g/mol. The van der Waals surface area contributed by atoms with E-state index in [2.05, 4.69) is 0 Å². The number of halogens is 2. The van der Waals surface area contributed by atoms with Crippen LogP contribution < -0.4 is 0 Å². The van der Waals surface area contributed by atoms with E-state index in [0.717, 1.165) is 10.5 Å². The largest absolute Gasteiger partial charge is 0.448 e. The fourth-order valence-corrected chi connectivity index (χ4v) is 2.71. The van der Waals surface area contributed by atoms with Crippen molar-refractivity contribution in [1.29, 1.82) is 0 Å². The first-order valence-corrected chi connectivity index (χ1v) is 7.12. The Labute approximate surface area is 131 Å². The maximum Gasteiger partial charge on any atom is 0.260 e. The van der Waals surface area contributed by atoms with Crippen molar-refractivity contribution in [3.63, 3.8) is 0 Å². The van der Waals surface area contributed by atoms with E-state index >= 15 is 0 Å². The topological polar surface area (TPSA) is 50.5 Å². The van der Waals surface area contributed by atoms with Gasteiger partial charge < -0.3 is 4.42 Å². The monoisotopic (exact) mass is 323 g/mol. The molecular weight excluding hydrogens is 313 g/mol. The number of nitrogens with zero attached hydrogens (tertiary/aromatic N) is 1. The van der Waals surface area contributed by atoms with Crippen LogP contribution in [0.1, 0.15) is 32.6 Å². The highest BCUT2D eigenvalue weighted by Crippen LogP contribution is 2.33. The lowest BCUT2D eigenvalue weighted by atomic mass is 9.95. The molecule has 6 heteroatoms. The van der Waals surface area contributed by atoms with Gasteiger partial charge in [-0.1, -0.05) is 12.1 Å². The van der Waals surface area contributed by atoms with E-state index in [0.29, 0.717) is 16.9 Å². The number of carbonyl (C=O) groups is 2. The molecule has 3 rings (SSSR count). The molecule has 0 N–H and O–H groups in total. The number of benzene rings is 1. The molecule has 1 aliphatic rings. The summed E-state index contributed by atoms with van der Waals surface area (Å²) in [6.45, 7) is 0. The van der Waals surface area contributed by atoms with Crippen molar-refractivity contribution in [1.82, 2.24) is 4.90 Å². The van der Waals surface area contributed by atoms with Crippen molar-refractivity contribution >= 4 is 35.0 Å². The Balaban J connectivity index is 2.00. The molecular formula is C15H11Cl2NO3. The first-order chi connectivity index (χ1) is 9.97. The molecule has 2 heterocycles. The number of rotatable bonds is 2. The van der Waals surface area contributed by atoms with Crippen LogP contribution in [0, 0.1) is 0 Å². The van der Waals surface area contributed by atoms with E-state index in [-0.39, 0.29) is 23.5 Å². The lowest BCUT2D eigenvalue weighted by molar-refractivity contribution is -0.127. The van der Waals surface area contributed by atoms with Gasteiger partial charge in [0, 0.05) is 12.6 Å². The van der Waals surface area contributed by atoms with Crippen molar-refractivity contribution < 1.29 is 14.0 Å². The van der Waals surface area contributed by atoms with Crippen LogP contribution in [-0.2, 0) is 11.2 Å². The molecule has 108 valence electrons. The highest BCUT2D eigenvalue weighted by Gasteiger charge is 2.29. The lowest BCUT2D eigenvalue weighted by Crippen LogP contribution is -2.39. The van der Waals surface area contributed by atoms with E-state index in [9.17, 15) is 9.59 Å². The SMILES string of the molecule is CN1C(=O)Cc2ccc(C(Cl)c3ccc(Cl)o3)cc2C1=O. The lowest BCUT2D eigenvalue weighted by Gasteiger charge is -2.24. The van der Waals surface area contributed by atoms with Crippen LogP contribution in [-0.4, -0.2) is 23.8 Å². The summed E-state index contributed by atoms with van der Waals surface area (Å²) >= 11 is 12.1. The predicted octanol–water partition coefficient (Wildman–Crippen LogP) is 3.42. The molecule has 0 aliphatic carbocycles. The molecule has 1 unspecified atom stereocenters. The van der Waals surface area contributed by atoms with Gasteiger partial charge in [0.15, 0.2) is 5.22 Å². The predicted molar refractivity (Wildman–Crippen MR) is 78.7 cm³/mol. The molecule has 1 aliphatic heterocycles. The molecule has 4 nitrogen and oxygen atoms in total. The zero-order valence-electron chi connectivity index (χ0n) is 11.1. The minimum atomic E-state index is -0.543. The minimum Gasteiger partial charge on any atom is -0.448 e. The molecule has 0 saturated carbocycles. The molecule has 1 atom stereocenters. The van der Waals surface area contributed by atoms with E-state index in [1.165, 1.54) is 7.05 Å². The van der Waals surface area contributed by atoms with Gasteiger partial charge in [-0.25, -0.2) is 0 Å². The number of amides is 2.